The van der Waals surface area contributed by atoms with Gasteiger partial charge >= 0.3 is 0 Å². The van der Waals surface area contributed by atoms with Gasteiger partial charge in [-0.05, 0) is 23.8 Å². The van der Waals surface area contributed by atoms with Crippen LogP contribution in [0.1, 0.15) is 22.0 Å². The van der Waals surface area contributed by atoms with E-state index in [1.165, 1.54) is 19.2 Å². The van der Waals surface area contributed by atoms with Gasteiger partial charge in [-0.3, -0.25) is 4.79 Å². The lowest BCUT2D eigenvalue weighted by molar-refractivity contribution is 0.0322. The zero-order chi connectivity index (χ0) is 12.1. The average Bonchev–Trinajstić information content (AvgIpc) is 2.35. The molecule has 2 unspecified atom stereocenters. The van der Waals surface area contributed by atoms with E-state index in [-0.39, 0.29) is 5.88 Å². The van der Waals surface area contributed by atoms with E-state index in [1.807, 2.05) is 0 Å². The number of aldehydes is 1. The van der Waals surface area contributed by atoms with Crippen molar-refractivity contribution >= 4 is 17.9 Å². The Balaban J connectivity index is 3.12. The van der Waals surface area contributed by atoms with E-state index >= 15 is 0 Å². The minimum atomic E-state index is -1.20. The first-order valence-electron chi connectivity index (χ1n) is 4.69. The molecule has 1 aromatic carbocycles. The van der Waals surface area contributed by atoms with Crippen molar-refractivity contribution in [3.8, 4) is 5.75 Å². The minimum absolute atomic E-state index is 0.114. The molecule has 0 saturated heterocycles. The molecule has 2 N–H and O–H groups in total. The summed E-state index contributed by atoms with van der Waals surface area (Å²) in [5, 5.41) is 19.2. The van der Waals surface area contributed by atoms with Crippen LogP contribution in [0.15, 0.2) is 18.2 Å². The van der Waals surface area contributed by atoms with Crippen molar-refractivity contribution < 1.29 is 19.7 Å². The molecule has 4 nitrogen and oxygen atoms in total. The van der Waals surface area contributed by atoms with Gasteiger partial charge in [0.2, 0.25) is 0 Å². The lowest BCUT2D eigenvalue weighted by atomic mass is 9.99. The third-order valence-electron chi connectivity index (χ3n) is 2.26. The predicted octanol–water partition coefficient (Wildman–Crippen LogP) is 1.14. The maximum absolute atomic E-state index is 10.8. The molecule has 0 spiro atoms. The molecule has 88 valence electrons. The quantitative estimate of drug-likeness (QED) is 0.602. The van der Waals surface area contributed by atoms with Crippen LogP contribution in [0.25, 0.3) is 0 Å². The molecule has 0 radical (unpaired) electrons. The number of ether oxygens (including phenoxy) is 1. The summed E-state index contributed by atoms with van der Waals surface area (Å²) in [6.07, 6.45) is -1.71. The maximum Gasteiger partial charge on any atom is 0.150 e. The van der Waals surface area contributed by atoms with E-state index < -0.39 is 12.2 Å². The summed E-state index contributed by atoms with van der Waals surface area (Å²) in [7, 11) is 1.48. The van der Waals surface area contributed by atoms with Crippen LogP contribution in [0, 0.1) is 0 Å². The fraction of sp³-hybridized carbons (Fsp3) is 0.364. The Labute approximate surface area is 98.4 Å². The van der Waals surface area contributed by atoms with Gasteiger partial charge in [0, 0.05) is 5.56 Å². The van der Waals surface area contributed by atoms with Crippen molar-refractivity contribution in [3.05, 3.63) is 29.3 Å². The molecule has 2 atom stereocenters. The Kier molecular flexibility index (Phi) is 4.73. The van der Waals surface area contributed by atoms with Crippen LogP contribution >= 0.6 is 11.6 Å². The molecule has 1 aromatic rings. The second kappa shape index (κ2) is 5.84. The molecule has 0 aliphatic heterocycles. The standard InChI is InChI=1S/C11H13ClO4/c1-16-8-3-2-7(6-13)9(4-8)11(15)10(14)5-12/h2-4,6,10-11,14-15H,5H2,1H3. The summed E-state index contributed by atoms with van der Waals surface area (Å²) >= 11 is 5.44. The van der Waals surface area contributed by atoms with Gasteiger partial charge < -0.3 is 14.9 Å². The molecule has 0 amide bonds. The van der Waals surface area contributed by atoms with E-state index in [1.54, 1.807) is 6.07 Å². The van der Waals surface area contributed by atoms with Crippen LogP contribution in [0.2, 0.25) is 0 Å². The molecule has 1 rings (SSSR count). The second-order valence-corrected chi connectivity index (χ2v) is 3.59. The second-order valence-electron chi connectivity index (χ2n) is 3.28. The van der Waals surface area contributed by atoms with Crippen LogP contribution in [-0.4, -0.2) is 35.6 Å². The lowest BCUT2D eigenvalue weighted by Gasteiger charge is -2.18. The molecule has 0 aliphatic carbocycles. The Morgan fingerprint density at radius 3 is 2.69 bits per heavy atom. The van der Waals surface area contributed by atoms with Crippen molar-refractivity contribution in [2.24, 2.45) is 0 Å². The van der Waals surface area contributed by atoms with E-state index in [9.17, 15) is 15.0 Å². The fourth-order valence-electron chi connectivity index (χ4n) is 1.33. The summed E-state index contributed by atoms with van der Waals surface area (Å²) in [5.41, 5.74) is 0.611. The molecular formula is C11H13ClO4. The lowest BCUT2D eigenvalue weighted by Crippen LogP contribution is -2.21. The number of alkyl halides is 1. The number of benzene rings is 1. The first-order chi connectivity index (χ1) is 7.63. The van der Waals surface area contributed by atoms with Crippen molar-refractivity contribution in [2.75, 3.05) is 13.0 Å². The van der Waals surface area contributed by atoms with E-state index in [0.717, 1.165) is 0 Å². The molecule has 0 bridgehead atoms. The number of carbonyl (C=O) groups is 1. The molecule has 0 aliphatic rings. The first kappa shape index (κ1) is 13.0. The number of rotatable bonds is 5. The van der Waals surface area contributed by atoms with Crippen LogP contribution in [0.4, 0.5) is 0 Å². The highest BCUT2D eigenvalue weighted by Crippen LogP contribution is 2.25. The molecule has 0 saturated carbocycles. The monoisotopic (exact) mass is 244 g/mol. The van der Waals surface area contributed by atoms with Gasteiger partial charge in [-0.1, -0.05) is 0 Å². The third-order valence-corrected chi connectivity index (χ3v) is 2.58. The number of hydrogen-bond acceptors (Lipinski definition) is 4. The van der Waals surface area contributed by atoms with Gasteiger partial charge in [0.05, 0.1) is 19.1 Å². The summed E-state index contributed by atoms with van der Waals surface area (Å²) in [6.45, 7) is 0. The largest absolute Gasteiger partial charge is 0.497 e. The Morgan fingerprint density at radius 1 is 1.50 bits per heavy atom. The number of halogens is 1. The van der Waals surface area contributed by atoms with Crippen molar-refractivity contribution in [2.45, 2.75) is 12.2 Å². The Morgan fingerprint density at radius 2 is 2.19 bits per heavy atom. The highest BCUT2D eigenvalue weighted by atomic mass is 35.5. The van der Waals surface area contributed by atoms with Gasteiger partial charge in [-0.2, -0.15) is 0 Å². The van der Waals surface area contributed by atoms with E-state index in [2.05, 4.69) is 0 Å². The zero-order valence-electron chi connectivity index (χ0n) is 8.76. The summed E-state index contributed by atoms with van der Waals surface area (Å²) < 4.78 is 4.98. The van der Waals surface area contributed by atoms with Gasteiger partial charge in [0.1, 0.15) is 18.1 Å². The highest BCUT2D eigenvalue weighted by Gasteiger charge is 2.20. The molecule has 0 aromatic heterocycles. The SMILES string of the molecule is COc1ccc(C=O)c(C(O)C(O)CCl)c1. The maximum atomic E-state index is 10.8. The number of aliphatic hydroxyl groups is 2. The van der Waals surface area contributed by atoms with Crippen molar-refractivity contribution in [1.82, 2.24) is 0 Å². The molecular weight excluding hydrogens is 232 g/mol. The Bertz CT molecular complexity index is 367. The fourth-order valence-corrected chi connectivity index (χ4v) is 1.50. The minimum Gasteiger partial charge on any atom is -0.497 e. The average molecular weight is 245 g/mol. The van der Waals surface area contributed by atoms with Crippen molar-refractivity contribution in [1.29, 1.82) is 0 Å². The number of hydrogen-bond donors (Lipinski definition) is 2. The normalized spacial score (nSPS) is 14.2. The van der Waals surface area contributed by atoms with Crippen LogP contribution in [-0.2, 0) is 0 Å². The van der Waals surface area contributed by atoms with Crippen LogP contribution in [0.5, 0.6) is 5.75 Å². The first-order valence-corrected chi connectivity index (χ1v) is 5.22. The zero-order valence-corrected chi connectivity index (χ0v) is 9.52. The summed E-state index contributed by atoms with van der Waals surface area (Å²) in [5.74, 6) is 0.387. The smallest absolute Gasteiger partial charge is 0.150 e. The van der Waals surface area contributed by atoms with Gasteiger partial charge in [-0.15, -0.1) is 11.6 Å². The van der Waals surface area contributed by atoms with Gasteiger partial charge in [-0.25, -0.2) is 0 Å². The highest BCUT2D eigenvalue weighted by molar-refractivity contribution is 6.18. The topological polar surface area (TPSA) is 66.8 Å². The molecule has 0 fully saturated rings. The Hall–Kier alpha value is -1.10. The molecule has 5 heteroatoms. The molecule has 16 heavy (non-hydrogen) atoms. The predicted molar refractivity (Wildman–Crippen MR) is 60.1 cm³/mol. The number of carbonyl (C=O) groups excluding carboxylic acids is 1. The van der Waals surface area contributed by atoms with Crippen LogP contribution < -0.4 is 4.74 Å². The summed E-state index contributed by atoms with van der Waals surface area (Å²) in [6, 6.07) is 4.63. The number of methoxy groups -OCH3 is 1. The van der Waals surface area contributed by atoms with Gasteiger partial charge in [0.15, 0.2) is 0 Å². The summed E-state index contributed by atoms with van der Waals surface area (Å²) in [4.78, 5) is 10.8. The van der Waals surface area contributed by atoms with Gasteiger partial charge in [0.25, 0.3) is 0 Å². The molecule has 0 heterocycles. The van der Waals surface area contributed by atoms with E-state index in [4.69, 9.17) is 16.3 Å². The third kappa shape index (κ3) is 2.72. The van der Waals surface area contributed by atoms with Crippen molar-refractivity contribution in [3.63, 3.8) is 0 Å². The van der Waals surface area contributed by atoms with E-state index in [0.29, 0.717) is 23.2 Å². The van der Waals surface area contributed by atoms with Crippen LogP contribution in [0.3, 0.4) is 0 Å². The number of aliphatic hydroxyl groups excluding tert-OH is 2.